The van der Waals surface area contributed by atoms with Crippen LogP contribution in [0.15, 0.2) is 91.4 Å². The molecule has 3 heterocycles. The molecule has 5 aromatic rings. The van der Waals surface area contributed by atoms with Crippen molar-refractivity contribution >= 4 is 22.6 Å². The lowest BCUT2D eigenvalue weighted by Crippen LogP contribution is -2.13. The second-order valence-electron chi connectivity index (χ2n) is 7.16. The van der Waals surface area contributed by atoms with Crippen LogP contribution in [0.3, 0.4) is 0 Å². The van der Waals surface area contributed by atoms with Crippen molar-refractivity contribution in [2.75, 3.05) is 5.32 Å². The van der Waals surface area contributed by atoms with Crippen molar-refractivity contribution in [3.05, 3.63) is 97.0 Å². The van der Waals surface area contributed by atoms with Gasteiger partial charge in [0.15, 0.2) is 5.82 Å². The van der Waals surface area contributed by atoms with Crippen molar-refractivity contribution in [1.82, 2.24) is 19.5 Å². The highest BCUT2D eigenvalue weighted by Crippen LogP contribution is 2.34. The fraction of sp³-hybridized carbons (Fsp3) is 0.0400. The monoisotopic (exact) mass is 405 g/mol. The summed E-state index contributed by atoms with van der Waals surface area (Å²) in [6, 6.07) is 22.9. The van der Waals surface area contributed by atoms with Crippen molar-refractivity contribution in [2.24, 2.45) is 7.05 Å². The predicted octanol–water partition coefficient (Wildman–Crippen LogP) is 4.95. The summed E-state index contributed by atoms with van der Waals surface area (Å²) in [6.07, 6.45) is 5.33. The third-order valence-corrected chi connectivity index (χ3v) is 5.11. The molecule has 0 radical (unpaired) electrons. The third kappa shape index (κ3) is 3.55. The largest absolute Gasteiger partial charge is 0.350 e. The van der Waals surface area contributed by atoms with Crippen LogP contribution in [0, 0.1) is 0 Å². The molecule has 0 unspecified atom stereocenters. The summed E-state index contributed by atoms with van der Waals surface area (Å²) in [5.41, 5.74) is 4.63. The number of nitrogens with zero attached hydrogens (tertiary/aromatic N) is 4. The molecule has 1 N–H and O–H groups in total. The molecule has 0 saturated carbocycles. The molecular formula is C25H19N5O. The number of pyridine rings is 1. The molecule has 5 rings (SSSR count). The van der Waals surface area contributed by atoms with Crippen LogP contribution >= 0.6 is 0 Å². The summed E-state index contributed by atoms with van der Waals surface area (Å²) in [4.78, 5) is 26.5. The lowest BCUT2D eigenvalue weighted by molar-refractivity contribution is 0.102. The van der Waals surface area contributed by atoms with Gasteiger partial charge >= 0.3 is 0 Å². The Kier molecular flexibility index (Phi) is 4.72. The lowest BCUT2D eigenvalue weighted by atomic mass is 10.1. The normalized spacial score (nSPS) is 10.9. The summed E-state index contributed by atoms with van der Waals surface area (Å²) in [6.45, 7) is 0. The van der Waals surface area contributed by atoms with E-state index in [0.29, 0.717) is 22.8 Å². The smallest absolute Gasteiger partial charge is 0.256 e. The van der Waals surface area contributed by atoms with Gasteiger partial charge in [-0.2, -0.15) is 0 Å². The van der Waals surface area contributed by atoms with Crippen LogP contribution in [0.5, 0.6) is 0 Å². The number of anilines is 1. The number of aromatic nitrogens is 4. The molecule has 3 aromatic heterocycles. The van der Waals surface area contributed by atoms with Crippen molar-refractivity contribution in [3.63, 3.8) is 0 Å². The van der Waals surface area contributed by atoms with Gasteiger partial charge in [0, 0.05) is 41.5 Å². The Hall–Kier alpha value is -4.32. The summed E-state index contributed by atoms with van der Waals surface area (Å²) in [5, 5.41) is 3.92. The van der Waals surface area contributed by atoms with Crippen molar-refractivity contribution < 1.29 is 4.79 Å². The molecule has 0 spiro atoms. The first-order valence-electron chi connectivity index (χ1n) is 9.90. The van der Waals surface area contributed by atoms with Crippen LogP contribution in [0.1, 0.15) is 10.4 Å². The van der Waals surface area contributed by atoms with E-state index in [1.807, 2.05) is 61.8 Å². The minimum absolute atomic E-state index is 0.232. The molecule has 150 valence electrons. The molecule has 2 aromatic carbocycles. The molecule has 0 aliphatic heterocycles. The molecule has 31 heavy (non-hydrogen) atoms. The Morgan fingerprint density at radius 1 is 0.871 bits per heavy atom. The van der Waals surface area contributed by atoms with Crippen LogP contribution in [0.4, 0.5) is 5.82 Å². The van der Waals surface area contributed by atoms with Gasteiger partial charge in [-0.3, -0.25) is 9.78 Å². The van der Waals surface area contributed by atoms with Crippen molar-refractivity contribution in [2.45, 2.75) is 0 Å². The molecule has 0 aliphatic carbocycles. The number of nitrogens with one attached hydrogen (secondary N) is 1. The number of carbonyl (C=O) groups is 1. The Labute approximate surface area is 179 Å². The average molecular weight is 405 g/mol. The highest BCUT2D eigenvalue weighted by atomic mass is 16.1. The Balaban J connectivity index is 1.65. The van der Waals surface area contributed by atoms with E-state index in [1.54, 1.807) is 24.5 Å². The fourth-order valence-electron chi connectivity index (χ4n) is 3.64. The van der Waals surface area contributed by atoms with Gasteiger partial charge in [-0.05, 0) is 30.3 Å². The lowest BCUT2D eigenvalue weighted by Gasteiger charge is -2.10. The fourth-order valence-corrected chi connectivity index (χ4v) is 3.64. The molecule has 0 saturated heterocycles. The van der Waals surface area contributed by atoms with Gasteiger partial charge in [0.05, 0.1) is 11.9 Å². The quantitative estimate of drug-likeness (QED) is 0.459. The van der Waals surface area contributed by atoms with Crippen molar-refractivity contribution in [3.8, 4) is 22.6 Å². The topological polar surface area (TPSA) is 72.7 Å². The predicted molar refractivity (Wildman–Crippen MR) is 122 cm³/mol. The minimum atomic E-state index is -0.232. The number of fused-ring (bicyclic) bond motifs is 1. The highest BCUT2D eigenvalue weighted by molar-refractivity contribution is 6.04. The number of benzene rings is 2. The van der Waals surface area contributed by atoms with Crippen LogP contribution in [0.2, 0.25) is 0 Å². The first kappa shape index (κ1) is 18.7. The molecule has 0 fully saturated rings. The first-order chi connectivity index (χ1) is 15.2. The van der Waals surface area contributed by atoms with Crippen LogP contribution < -0.4 is 5.32 Å². The first-order valence-corrected chi connectivity index (χ1v) is 9.90. The molecule has 6 nitrogen and oxygen atoms in total. The molecule has 0 atom stereocenters. The zero-order chi connectivity index (χ0) is 21.2. The molecule has 0 aliphatic rings. The number of amides is 1. The maximum Gasteiger partial charge on any atom is 0.256 e. The molecule has 1 amide bonds. The molecular weight excluding hydrogens is 386 g/mol. The van der Waals surface area contributed by atoms with Crippen LogP contribution in [-0.2, 0) is 7.05 Å². The zero-order valence-corrected chi connectivity index (χ0v) is 16.9. The summed E-state index contributed by atoms with van der Waals surface area (Å²) in [5.74, 6) is 0.154. The Morgan fingerprint density at radius 2 is 1.65 bits per heavy atom. The van der Waals surface area contributed by atoms with Gasteiger partial charge in [0.2, 0.25) is 0 Å². The van der Waals surface area contributed by atoms with E-state index >= 15 is 0 Å². The van der Waals surface area contributed by atoms with E-state index in [9.17, 15) is 4.79 Å². The van der Waals surface area contributed by atoms with E-state index in [4.69, 9.17) is 4.98 Å². The van der Waals surface area contributed by atoms with Crippen molar-refractivity contribution in [1.29, 1.82) is 0 Å². The van der Waals surface area contributed by atoms with E-state index in [1.165, 1.54) is 0 Å². The van der Waals surface area contributed by atoms with Gasteiger partial charge in [-0.1, -0.05) is 42.5 Å². The van der Waals surface area contributed by atoms with Gasteiger partial charge in [-0.15, -0.1) is 0 Å². The Morgan fingerprint density at radius 3 is 2.45 bits per heavy atom. The number of carbonyl (C=O) groups excluding carboxylic acids is 1. The van der Waals surface area contributed by atoms with Crippen LogP contribution in [-0.4, -0.2) is 25.4 Å². The summed E-state index contributed by atoms with van der Waals surface area (Å²) < 4.78 is 2.06. The molecule has 0 bridgehead atoms. The zero-order valence-electron chi connectivity index (χ0n) is 16.9. The Bertz CT molecular complexity index is 1380. The van der Waals surface area contributed by atoms with Crippen LogP contribution in [0.25, 0.3) is 33.5 Å². The van der Waals surface area contributed by atoms with Gasteiger partial charge in [0.25, 0.3) is 5.91 Å². The van der Waals surface area contributed by atoms with Gasteiger partial charge in [-0.25, -0.2) is 9.97 Å². The summed E-state index contributed by atoms with van der Waals surface area (Å²) in [7, 11) is 2.00. The number of hydrogen-bond acceptors (Lipinski definition) is 4. The van der Waals surface area contributed by atoms with E-state index < -0.39 is 0 Å². The second-order valence-corrected chi connectivity index (χ2v) is 7.16. The minimum Gasteiger partial charge on any atom is -0.350 e. The highest BCUT2D eigenvalue weighted by Gasteiger charge is 2.18. The van der Waals surface area contributed by atoms with E-state index in [-0.39, 0.29) is 5.91 Å². The summed E-state index contributed by atoms with van der Waals surface area (Å²) >= 11 is 0. The maximum atomic E-state index is 12.6. The second kappa shape index (κ2) is 7.84. The van der Waals surface area contributed by atoms with Gasteiger partial charge < -0.3 is 9.88 Å². The number of rotatable bonds is 4. The number of hydrogen-bond donors (Lipinski definition) is 1. The number of aryl methyl sites for hydroxylation is 1. The SMILES string of the molecule is Cn1cc(-c2nc(NC(=O)c3ccccc3)cnc2-c2ccccn2)c2ccccc21. The average Bonchev–Trinajstić information content (AvgIpc) is 3.17. The van der Waals surface area contributed by atoms with Gasteiger partial charge in [0.1, 0.15) is 11.4 Å². The maximum absolute atomic E-state index is 12.6. The molecule has 6 heteroatoms. The van der Waals surface area contributed by atoms with E-state index in [2.05, 4.69) is 32.0 Å². The number of para-hydroxylation sites is 1. The third-order valence-electron chi connectivity index (χ3n) is 5.11. The standard InChI is InChI=1S/C25H19N5O/c1-30-16-19(18-11-5-6-13-21(18)30)23-24(20-12-7-8-14-26-20)27-15-22(28-23)29-25(31)17-9-3-2-4-10-17/h2-16H,1H3,(H,28,29,31). The van der Waals surface area contributed by atoms with E-state index in [0.717, 1.165) is 22.2 Å².